The Balaban J connectivity index is 1.08. The Morgan fingerprint density at radius 2 is 1.63 bits per heavy atom. The van der Waals surface area contributed by atoms with E-state index in [4.69, 9.17) is 9.47 Å². The quantitative estimate of drug-likeness (QED) is 0.121. The number of carbonyl (C=O) groups is 8. The summed E-state index contributed by atoms with van der Waals surface area (Å²) in [5.41, 5.74) is 1.20. The van der Waals surface area contributed by atoms with Crippen LogP contribution in [0.4, 0.5) is 0 Å². The average molecular weight is 988 g/mol. The Labute approximate surface area is 416 Å². The normalized spacial score (nSPS) is 22.6. The average Bonchev–Trinajstić information content (AvgIpc) is 4.22. The molecule has 388 valence electrons. The van der Waals surface area contributed by atoms with Crippen molar-refractivity contribution in [3.8, 4) is 0 Å². The van der Waals surface area contributed by atoms with E-state index in [1.54, 1.807) is 63.8 Å². The van der Waals surface area contributed by atoms with Crippen molar-refractivity contribution in [2.75, 3.05) is 27.8 Å². The topological polar surface area (TPSA) is 243 Å². The van der Waals surface area contributed by atoms with E-state index in [1.165, 1.54) is 26.4 Å². The number of rotatable bonds is 25. The first-order chi connectivity index (χ1) is 33.9. The van der Waals surface area contributed by atoms with E-state index >= 15 is 0 Å². The van der Waals surface area contributed by atoms with Gasteiger partial charge in [0.15, 0.2) is 0 Å². The van der Waals surface area contributed by atoms with Gasteiger partial charge < -0.3 is 39.9 Å². The van der Waals surface area contributed by atoms with Gasteiger partial charge in [-0.3, -0.25) is 43.1 Å². The fraction of sp³-hybridized carbons (Fsp3) is 0.647. The van der Waals surface area contributed by atoms with E-state index < -0.39 is 72.0 Å². The zero-order valence-corrected chi connectivity index (χ0v) is 42.4. The summed E-state index contributed by atoms with van der Waals surface area (Å²) in [5.74, 6) is -4.92. The number of carbonyl (C=O) groups excluding carboxylic acids is 7. The van der Waals surface area contributed by atoms with Crippen LogP contribution in [-0.4, -0.2) is 163 Å². The van der Waals surface area contributed by atoms with Gasteiger partial charge in [0.2, 0.25) is 29.5 Å². The van der Waals surface area contributed by atoms with Crippen LogP contribution in [0, 0.1) is 23.7 Å². The Morgan fingerprint density at radius 1 is 0.930 bits per heavy atom. The highest BCUT2D eigenvalue weighted by atomic mass is 16.5. The van der Waals surface area contributed by atoms with Crippen LogP contribution in [-0.2, 0) is 67.3 Å². The molecule has 1 aliphatic carbocycles. The van der Waals surface area contributed by atoms with Crippen LogP contribution in [0.15, 0.2) is 48.7 Å². The summed E-state index contributed by atoms with van der Waals surface area (Å²) >= 11 is 0. The number of carboxylic acids is 1. The molecule has 3 fully saturated rings. The minimum Gasteiger partial charge on any atom is -0.480 e. The number of aryl methyl sites for hydroxylation is 1. The van der Waals surface area contributed by atoms with Crippen LogP contribution in [0.5, 0.6) is 0 Å². The van der Waals surface area contributed by atoms with Crippen molar-refractivity contribution in [3.63, 3.8) is 0 Å². The van der Waals surface area contributed by atoms with Crippen molar-refractivity contribution < 1.29 is 52.9 Å². The molecule has 11 unspecified atom stereocenters. The van der Waals surface area contributed by atoms with Gasteiger partial charge in [0.05, 0.1) is 49.4 Å². The lowest BCUT2D eigenvalue weighted by atomic mass is 9.89. The lowest BCUT2D eigenvalue weighted by Crippen LogP contribution is -2.60. The van der Waals surface area contributed by atoms with Gasteiger partial charge in [0.25, 0.3) is 11.8 Å². The summed E-state index contributed by atoms with van der Waals surface area (Å²) in [6, 6.07) is 5.06. The zero-order valence-electron chi connectivity index (χ0n) is 42.4. The van der Waals surface area contributed by atoms with Crippen LogP contribution < -0.4 is 10.6 Å². The number of aliphatic carboxylic acids is 1. The molecule has 71 heavy (non-hydrogen) atoms. The molecule has 1 aromatic heterocycles. The molecule has 1 aromatic carbocycles. The number of likely N-dealkylation sites (tertiary alicyclic amines) is 2. The van der Waals surface area contributed by atoms with Gasteiger partial charge in [-0.25, -0.2) is 4.79 Å². The first-order valence-electron chi connectivity index (χ1n) is 25.1. The Hall–Kier alpha value is -6.02. The predicted octanol–water partition coefficient (Wildman–Crippen LogP) is 2.74. The second-order valence-corrected chi connectivity index (χ2v) is 20.1. The molecular formula is C51H73N9O11. The third-order valence-electron chi connectivity index (χ3n) is 15.1. The van der Waals surface area contributed by atoms with E-state index in [-0.39, 0.29) is 73.2 Å². The fourth-order valence-electron chi connectivity index (χ4n) is 11.1. The maximum atomic E-state index is 14.7. The van der Waals surface area contributed by atoms with Crippen molar-refractivity contribution in [3.05, 3.63) is 59.9 Å². The molecule has 20 heteroatoms. The highest BCUT2D eigenvalue weighted by Crippen LogP contribution is 2.43. The molecule has 11 atom stereocenters. The van der Waals surface area contributed by atoms with Gasteiger partial charge in [0, 0.05) is 65.4 Å². The third kappa shape index (κ3) is 12.7. The van der Waals surface area contributed by atoms with E-state index in [2.05, 4.69) is 20.9 Å². The van der Waals surface area contributed by atoms with Crippen molar-refractivity contribution in [1.82, 2.24) is 45.2 Å². The number of likely N-dealkylation sites (N-methyl/N-ethyl adjacent to an activating group) is 1. The minimum atomic E-state index is -1.16. The SMILES string of the molecule is CCC(C)C(C(CC(=O)N1CCCC1C(OC)C(C)C(=O)NC(Cc1ccccc1)C(=O)O)OC)N(C)C(=O)C(NC(=O)C1C2CCC(C2)N1C(=O)CCCn1cc(CN2C(=O)C=CC2=O)nn1)C(C)C. The number of fused-ring (bicyclic) bond motifs is 2. The molecule has 0 radical (unpaired) electrons. The fourth-order valence-corrected chi connectivity index (χ4v) is 11.1. The van der Waals surface area contributed by atoms with E-state index in [0.717, 1.165) is 23.3 Å². The van der Waals surface area contributed by atoms with Crippen LogP contribution >= 0.6 is 0 Å². The maximum Gasteiger partial charge on any atom is 0.326 e. The number of benzene rings is 1. The number of hydrogen-bond acceptors (Lipinski definition) is 12. The summed E-state index contributed by atoms with van der Waals surface area (Å²) in [6.07, 6.45) is 7.33. The van der Waals surface area contributed by atoms with Gasteiger partial charge in [-0.2, -0.15) is 0 Å². The van der Waals surface area contributed by atoms with Crippen molar-refractivity contribution >= 4 is 47.3 Å². The molecule has 6 rings (SSSR count). The highest BCUT2D eigenvalue weighted by Gasteiger charge is 2.52. The second-order valence-electron chi connectivity index (χ2n) is 20.1. The largest absolute Gasteiger partial charge is 0.480 e. The predicted molar refractivity (Wildman–Crippen MR) is 258 cm³/mol. The Kier molecular flexibility index (Phi) is 18.7. The van der Waals surface area contributed by atoms with Crippen LogP contribution in [0.1, 0.15) is 104 Å². The van der Waals surface area contributed by atoms with Gasteiger partial charge in [-0.1, -0.05) is 76.6 Å². The summed E-state index contributed by atoms with van der Waals surface area (Å²) in [5, 5.41) is 23.9. The van der Waals surface area contributed by atoms with E-state index in [9.17, 15) is 43.5 Å². The summed E-state index contributed by atoms with van der Waals surface area (Å²) < 4.78 is 13.5. The standard InChI is InChI=1S/C51H73N9O11/c1-9-31(4)45(39(70-7)27-43(64)58-24-13-17-38(58)47(71-8)32(5)48(65)52-37(51(68)69)25-33-15-11-10-12-16-33)56(6)50(67)44(30(2)3)53-49(66)46-34-19-20-36(26-34)60(46)42(63)18-14-23-57-28-35(54-55-57)29-59-40(61)21-22-41(59)62/h10-12,15-16,21-22,28,30-32,34,36-39,44-47H,9,13-14,17-20,23-27,29H2,1-8H3,(H,52,65)(H,53,66)(H,68,69). The van der Waals surface area contributed by atoms with Gasteiger partial charge >= 0.3 is 5.97 Å². The molecule has 2 bridgehead atoms. The highest BCUT2D eigenvalue weighted by molar-refractivity contribution is 6.12. The number of nitrogens with one attached hydrogen (secondary N) is 2. The zero-order chi connectivity index (χ0) is 51.7. The van der Waals surface area contributed by atoms with Crippen molar-refractivity contribution in [2.45, 2.75) is 160 Å². The molecule has 0 spiro atoms. The molecule has 2 saturated heterocycles. The van der Waals surface area contributed by atoms with E-state index in [0.29, 0.717) is 50.9 Å². The molecule has 4 heterocycles. The molecule has 1 saturated carbocycles. The maximum absolute atomic E-state index is 14.7. The molecule has 20 nitrogen and oxygen atoms in total. The number of imide groups is 1. The summed E-state index contributed by atoms with van der Waals surface area (Å²) in [7, 11) is 4.66. The lowest BCUT2D eigenvalue weighted by molar-refractivity contribution is -0.149. The van der Waals surface area contributed by atoms with Crippen LogP contribution in [0.25, 0.3) is 0 Å². The molecule has 3 aliphatic heterocycles. The number of carboxylic acid groups (broad SMARTS) is 1. The number of amides is 7. The van der Waals surface area contributed by atoms with Gasteiger partial charge in [0.1, 0.15) is 23.8 Å². The molecule has 7 amide bonds. The summed E-state index contributed by atoms with van der Waals surface area (Å²) in [6.45, 7) is 10.1. The Bertz CT molecular complexity index is 2250. The van der Waals surface area contributed by atoms with Crippen LogP contribution in [0.2, 0.25) is 0 Å². The Morgan fingerprint density at radius 3 is 2.27 bits per heavy atom. The number of ether oxygens (including phenoxy) is 2. The van der Waals surface area contributed by atoms with Crippen molar-refractivity contribution in [1.29, 1.82) is 0 Å². The lowest BCUT2D eigenvalue weighted by Gasteiger charge is -2.41. The second kappa shape index (κ2) is 24.4. The minimum absolute atomic E-state index is 0.00657. The van der Waals surface area contributed by atoms with E-state index in [1.807, 2.05) is 33.8 Å². The van der Waals surface area contributed by atoms with Gasteiger partial charge in [-0.15, -0.1) is 5.10 Å². The molecule has 4 aliphatic rings. The first-order valence-corrected chi connectivity index (χ1v) is 25.1. The van der Waals surface area contributed by atoms with Crippen LogP contribution in [0.3, 0.4) is 0 Å². The van der Waals surface area contributed by atoms with Crippen molar-refractivity contribution in [2.24, 2.45) is 23.7 Å². The first kappa shape index (κ1) is 54.3. The molecule has 2 aromatic rings. The summed E-state index contributed by atoms with van der Waals surface area (Å²) in [4.78, 5) is 113. The number of nitrogens with zero attached hydrogens (tertiary/aromatic N) is 7. The number of methoxy groups -OCH3 is 2. The number of hydrogen-bond donors (Lipinski definition) is 3. The number of aromatic nitrogens is 3. The van der Waals surface area contributed by atoms with Gasteiger partial charge in [-0.05, 0) is 61.8 Å². The number of piperidine rings is 1. The molecular weight excluding hydrogens is 915 g/mol. The third-order valence-corrected chi connectivity index (χ3v) is 15.1. The monoisotopic (exact) mass is 988 g/mol. The smallest absolute Gasteiger partial charge is 0.326 e. The molecule has 3 N–H and O–H groups in total.